The minimum atomic E-state index is -0.622. The number of nitrogens with two attached hydrogens (primary N) is 1. The van der Waals surface area contributed by atoms with Gasteiger partial charge in [-0.25, -0.2) is 0 Å². The highest BCUT2D eigenvalue weighted by Gasteiger charge is 2.15. The molecule has 104 valence electrons. The molecule has 1 aromatic heterocycles. The van der Waals surface area contributed by atoms with Crippen LogP contribution in [-0.4, -0.2) is 21.6 Å². The Balaban J connectivity index is 1.97. The number of carbonyl (C=O) groups is 2. The third-order valence-corrected chi connectivity index (χ3v) is 2.93. The molecule has 0 spiro atoms. The van der Waals surface area contributed by atoms with E-state index in [1.807, 2.05) is 30.3 Å². The van der Waals surface area contributed by atoms with Gasteiger partial charge >= 0.3 is 0 Å². The first-order valence-corrected chi connectivity index (χ1v) is 6.23. The van der Waals surface area contributed by atoms with E-state index in [2.05, 4.69) is 10.4 Å². The summed E-state index contributed by atoms with van der Waals surface area (Å²) in [5.74, 6) is -0.798. The molecule has 6 heteroatoms. The monoisotopic (exact) mass is 272 g/mol. The Kier molecular flexibility index (Phi) is 4.14. The summed E-state index contributed by atoms with van der Waals surface area (Å²) in [6.45, 7) is 0. The molecule has 0 aliphatic rings. The lowest BCUT2D eigenvalue weighted by Gasteiger charge is -2.05. The first kappa shape index (κ1) is 13.8. The third-order valence-electron chi connectivity index (χ3n) is 2.93. The summed E-state index contributed by atoms with van der Waals surface area (Å²) in [5, 5.41) is 6.57. The summed E-state index contributed by atoms with van der Waals surface area (Å²) in [4.78, 5) is 23.1. The number of anilines is 1. The molecule has 0 radical (unpaired) electrons. The van der Waals surface area contributed by atoms with Crippen LogP contribution in [0.3, 0.4) is 0 Å². The van der Waals surface area contributed by atoms with Crippen LogP contribution < -0.4 is 11.1 Å². The Morgan fingerprint density at radius 1 is 1.30 bits per heavy atom. The van der Waals surface area contributed by atoms with Crippen molar-refractivity contribution in [2.75, 3.05) is 5.32 Å². The maximum absolute atomic E-state index is 11.9. The summed E-state index contributed by atoms with van der Waals surface area (Å²) in [7, 11) is 1.60. The Morgan fingerprint density at radius 2 is 2.00 bits per heavy atom. The molecule has 2 rings (SSSR count). The molecule has 0 bridgehead atoms. The van der Waals surface area contributed by atoms with Gasteiger partial charge in [0, 0.05) is 13.5 Å². The van der Waals surface area contributed by atoms with Crippen molar-refractivity contribution in [3.05, 3.63) is 47.8 Å². The van der Waals surface area contributed by atoms with Crippen molar-refractivity contribution < 1.29 is 9.59 Å². The van der Waals surface area contributed by atoms with Crippen LogP contribution >= 0.6 is 0 Å². The van der Waals surface area contributed by atoms with E-state index in [-0.39, 0.29) is 11.6 Å². The fourth-order valence-electron chi connectivity index (χ4n) is 1.94. The first-order chi connectivity index (χ1) is 9.58. The number of benzene rings is 1. The highest BCUT2D eigenvalue weighted by Crippen LogP contribution is 2.14. The highest BCUT2D eigenvalue weighted by molar-refractivity contribution is 6.01. The van der Waals surface area contributed by atoms with Gasteiger partial charge in [0.1, 0.15) is 5.69 Å². The SMILES string of the molecule is Cn1ncc(NC(=O)CCc2ccccc2)c1C(N)=O. The molecular formula is C14H16N4O2. The van der Waals surface area contributed by atoms with Crippen molar-refractivity contribution in [1.29, 1.82) is 0 Å². The summed E-state index contributed by atoms with van der Waals surface area (Å²) in [5.41, 5.74) is 6.87. The topological polar surface area (TPSA) is 90.0 Å². The molecule has 0 saturated heterocycles. The second kappa shape index (κ2) is 6.01. The van der Waals surface area contributed by atoms with Crippen LogP contribution in [0.15, 0.2) is 36.5 Å². The van der Waals surface area contributed by atoms with Gasteiger partial charge in [-0.3, -0.25) is 14.3 Å². The summed E-state index contributed by atoms with van der Waals surface area (Å²) < 4.78 is 1.34. The number of hydrogen-bond acceptors (Lipinski definition) is 3. The molecule has 2 amide bonds. The van der Waals surface area contributed by atoms with Crippen LogP contribution in [0.25, 0.3) is 0 Å². The van der Waals surface area contributed by atoms with E-state index in [4.69, 9.17) is 5.73 Å². The molecule has 1 aromatic carbocycles. The van der Waals surface area contributed by atoms with Gasteiger partial charge in [-0.05, 0) is 12.0 Å². The van der Waals surface area contributed by atoms with Crippen molar-refractivity contribution >= 4 is 17.5 Å². The van der Waals surface area contributed by atoms with Gasteiger partial charge in [0.15, 0.2) is 0 Å². The van der Waals surface area contributed by atoms with Crippen LogP contribution in [0.2, 0.25) is 0 Å². The largest absolute Gasteiger partial charge is 0.364 e. The van der Waals surface area contributed by atoms with Crippen LogP contribution in [0, 0.1) is 0 Å². The van der Waals surface area contributed by atoms with Gasteiger partial charge in [0.2, 0.25) is 5.91 Å². The van der Waals surface area contributed by atoms with E-state index in [0.29, 0.717) is 18.5 Å². The Hall–Kier alpha value is -2.63. The summed E-state index contributed by atoms with van der Waals surface area (Å²) in [6.07, 6.45) is 2.39. The fraction of sp³-hybridized carbons (Fsp3) is 0.214. The molecule has 0 aliphatic heterocycles. The molecule has 0 unspecified atom stereocenters. The van der Waals surface area contributed by atoms with Gasteiger partial charge in [0.05, 0.1) is 11.9 Å². The molecule has 1 heterocycles. The fourth-order valence-corrected chi connectivity index (χ4v) is 1.94. The molecule has 0 atom stereocenters. The summed E-state index contributed by atoms with van der Waals surface area (Å²) in [6, 6.07) is 9.72. The van der Waals surface area contributed by atoms with Gasteiger partial charge < -0.3 is 11.1 Å². The predicted molar refractivity (Wildman–Crippen MR) is 75.1 cm³/mol. The van der Waals surface area contributed by atoms with Crippen LogP contribution in [0.5, 0.6) is 0 Å². The number of hydrogen-bond donors (Lipinski definition) is 2. The van der Waals surface area contributed by atoms with Crippen LogP contribution in [0.4, 0.5) is 5.69 Å². The van der Waals surface area contributed by atoms with Crippen molar-refractivity contribution in [3.8, 4) is 0 Å². The molecule has 20 heavy (non-hydrogen) atoms. The standard InChI is InChI=1S/C14H16N4O2/c1-18-13(14(15)20)11(9-16-18)17-12(19)8-7-10-5-3-2-4-6-10/h2-6,9H,7-8H2,1H3,(H2,15,20)(H,17,19). The Bertz CT molecular complexity index is 619. The maximum atomic E-state index is 11.9. The van der Waals surface area contributed by atoms with E-state index in [1.165, 1.54) is 10.9 Å². The van der Waals surface area contributed by atoms with Crippen molar-refractivity contribution in [3.63, 3.8) is 0 Å². The van der Waals surface area contributed by atoms with Gasteiger partial charge in [-0.15, -0.1) is 0 Å². The second-order valence-electron chi connectivity index (χ2n) is 4.43. The zero-order valence-corrected chi connectivity index (χ0v) is 11.2. The lowest BCUT2D eigenvalue weighted by molar-refractivity contribution is -0.116. The lowest BCUT2D eigenvalue weighted by atomic mass is 10.1. The van der Waals surface area contributed by atoms with E-state index in [1.54, 1.807) is 7.05 Å². The van der Waals surface area contributed by atoms with E-state index in [0.717, 1.165) is 5.56 Å². The average Bonchev–Trinajstić information content (AvgIpc) is 2.78. The molecule has 0 saturated carbocycles. The normalized spacial score (nSPS) is 10.2. The Labute approximate surface area is 116 Å². The molecule has 0 aliphatic carbocycles. The van der Waals surface area contributed by atoms with Gasteiger partial charge in [-0.1, -0.05) is 30.3 Å². The zero-order valence-electron chi connectivity index (χ0n) is 11.2. The van der Waals surface area contributed by atoms with E-state index in [9.17, 15) is 9.59 Å². The van der Waals surface area contributed by atoms with Gasteiger partial charge in [0.25, 0.3) is 5.91 Å². The number of carbonyl (C=O) groups excluding carboxylic acids is 2. The average molecular weight is 272 g/mol. The highest BCUT2D eigenvalue weighted by atomic mass is 16.2. The molecule has 3 N–H and O–H groups in total. The number of aryl methyl sites for hydroxylation is 2. The minimum absolute atomic E-state index is 0.177. The first-order valence-electron chi connectivity index (χ1n) is 6.23. The molecular weight excluding hydrogens is 256 g/mol. The second-order valence-corrected chi connectivity index (χ2v) is 4.43. The maximum Gasteiger partial charge on any atom is 0.269 e. The van der Waals surface area contributed by atoms with E-state index < -0.39 is 5.91 Å². The lowest BCUT2D eigenvalue weighted by Crippen LogP contribution is -2.20. The van der Waals surface area contributed by atoms with E-state index >= 15 is 0 Å². The smallest absolute Gasteiger partial charge is 0.269 e. The predicted octanol–water partition coefficient (Wildman–Crippen LogP) is 1.09. The Morgan fingerprint density at radius 3 is 2.65 bits per heavy atom. The number of amides is 2. The van der Waals surface area contributed by atoms with Crippen LogP contribution in [0.1, 0.15) is 22.5 Å². The van der Waals surface area contributed by atoms with Crippen molar-refractivity contribution in [2.24, 2.45) is 12.8 Å². The third kappa shape index (κ3) is 3.23. The van der Waals surface area contributed by atoms with Crippen molar-refractivity contribution in [1.82, 2.24) is 9.78 Å². The van der Waals surface area contributed by atoms with Crippen LogP contribution in [-0.2, 0) is 18.3 Å². The van der Waals surface area contributed by atoms with Crippen molar-refractivity contribution in [2.45, 2.75) is 12.8 Å². The number of nitrogens with zero attached hydrogens (tertiary/aromatic N) is 2. The summed E-state index contributed by atoms with van der Waals surface area (Å²) >= 11 is 0. The number of primary amides is 1. The molecule has 0 fully saturated rings. The minimum Gasteiger partial charge on any atom is -0.364 e. The quantitative estimate of drug-likeness (QED) is 0.853. The molecule has 6 nitrogen and oxygen atoms in total. The number of nitrogens with one attached hydrogen (secondary N) is 1. The number of aromatic nitrogens is 2. The van der Waals surface area contributed by atoms with Gasteiger partial charge in [-0.2, -0.15) is 5.10 Å². The number of rotatable bonds is 5. The zero-order chi connectivity index (χ0) is 14.5. The molecule has 2 aromatic rings.